The van der Waals surface area contributed by atoms with Gasteiger partial charge in [0.1, 0.15) is 5.82 Å². The predicted octanol–water partition coefficient (Wildman–Crippen LogP) is 2.94. The van der Waals surface area contributed by atoms with Gasteiger partial charge in [0, 0.05) is 24.8 Å². The summed E-state index contributed by atoms with van der Waals surface area (Å²) in [4.78, 5) is 6.50. The summed E-state index contributed by atoms with van der Waals surface area (Å²) in [5.74, 6) is 0.873. The van der Waals surface area contributed by atoms with E-state index in [2.05, 4.69) is 37.5 Å². The van der Waals surface area contributed by atoms with Crippen LogP contribution in [0.5, 0.6) is 0 Å². The maximum atomic E-state index is 8.77. The third-order valence-corrected chi connectivity index (χ3v) is 4.33. The van der Waals surface area contributed by atoms with Crippen molar-refractivity contribution in [3.8, 4) is 0 Å². The van der Waals surface area contributed by atoms with E-state index in [1.54, 1.807) is 17.4 Å². The van der Waals surface area contributed by atoms with Gasteiger partial charge in [-0.1, -0.05) is 5.16 Å². The molecule has 0 atom stereocenters. The van der Waals surface area contributed by atoms with Gasteiger partial charge in [-0.05, 0) is 52.0 Å². The Morgan fingerprint density at radius 2 is 2.25 bits per heavy atom. The van der Waals surface area contributed by atoms with Gasteiger partial charge in [0.25, 0.3) is 0 Å². The lowest BCUT2D eigenvalue weighted by Crippen LogP contribution is -2.20. The number of nitrogens with two attached hydrogens (primary N) is 1. The molecular formula is C13H15BrN4OS. The number of thiophene rings is 1. The molecule has 2 aromatic rings. The highest BCUT2D eigenvalue weighted by Crippen LogP contribution is 2.23. The number of hydrogen-bond acceptors (Lipinski definition) is 5. The van der Waals surface area contributed by atoms with Crippen LogP contribution in [0.2, 0.25) is 0 Å². The predicted molar refractivity (Wildman–Crippen MR) is 85.6 cm³/mol. The second-order valence-electron chi connectivity index (χ2n) is 4.46. The first-order chi connectivity index (χ1) is 9.49. The van der Waals surface area contributed by atoms with E-state index in [1.165, 1.54) is 5.56 Å². The fourth-order valence-corrected chi connectivity index (χ4v) is 3.04. The van der Waals surface area contributed by atoms with Crippen LogP contribution in [0.25, 0.3) is 0 Å². The lowest BCUT2D eigenvalue weighted by molar-refractivity contribution is 0.318. The van der Waals surface area contributed by atoms with Crippen LogP contribution in [-0.4, -0.2) is 23.1 Å². The van der Waals surface area contributed by atoms with Gasteiger partial charge in [0.15, 0.2) is 5.84 Å². The normalized spacial score (nSPS) is 11.7. The van der Waals surface area contributed by atoms with Gasteiger partial charge in [0.05, 0.1) is 3.79 Å². The minimum atomic E-state index is 0.0865. The Hall–Kier alpha value is -1.60. The first kappa shape index (κ1) is 14.8. The molecule has 0 saturated heterocycles. The van der Waals surface area contributed by atoms with Gasteiger partial charge >= 0.3 is 0 Å². The van der Waals surface area contributed by atoms with E-state index in [1.807, 2.05) is 24.9 Å². The van der Waals surface area contributed by atoms with Crippen LogP contribution in [0.4, 0.5) is 5.82 Å². The third kappa shape index (κ3) is 3.49. The van der Waals surface area contributed by atoms with Crippen molar-refractivity contribution >= 4 is 38.9 Å². The van der Waals surface area contributed by atoms with Crippen LogP contribution in [0.1, 0.15) is 16.8 Å². The minimum absolute atomic E-state index is 0.0865. The Morgan fingerprint density at radius 3 is 2.85 bits per heavy atom. The van der Waals surface area contributed by atoms with Crippen molar-refractivity contribution in [2.45, 2.75) is 13.5 Å². The summed E-state index contributed by atoms with van der Waals surface area (Å²) in [6.45, 7) is 2.63. The summed E-state index contributed by atoms with van der Waals surface area (Å²) < 4.78 is 1.11. The van der Waals surface area contributed by atoms with Gasteiger partial charge < -0.3 is 15.8 Å². The van der Waals surface area contributed by atoms with E-state index < -0.39 is 0 Å². The quantitative estimate of drug-likeness (QED) is 0.383. The molecule has 0 aliphatic carbocycles. The van der Waals surface area contributed by atoms with E-state index in [0.717, 1.165) is 21.8 Å². The Labute approximate surface area is 129 Å². The standard InChI is InChI=1S/C13H15BrN4OS/c1-8-3-10(13(15)17-19)5-12(16-8)18(2)6-9-4-11(14)20-7-9/h3-5,7,19H,6H2,1-2H3,(H2,15,17). The van der Waals surface area contributed by atoms with Crippen molar-refractivity contribution in [3.05, 3.63) is 44.2 Å². The maximum absolute atomic E-state index is 8.77. The summed E-state index contributed by atoms with van der Waals surface area (Å²) in [6, 6.07) is 5.68. The first-order valence-corrected chi connectivity index (χ1v) is 7.57. The Balaban J connectivity index is 2.25. The molecule has 5 nitrogen and oxygen atoms in total. The zero-order valence-electron chi connectivity index (χ0n) is 11.2. The van der Waals surface area contributed by atoms with E-state index >= 15 is 0 Å². The van der Waals surface area contributed by atoms with Gasteiger partial charge in [-0.15, -0.1) is 11.3 Å². The monoisotopic (exact) mass is 354 g/mol. The summed E-state index contributed by atoms with van der Waals surface area (Å²) in [6.07, 6.45) is 0. The van der Waals surface area contributed by atoms with E-state index in [0.29, 0.717) is 5.56 Å². The summed E-state index contributed by atoms with van der Waals surface area (Å²) >= 11 is 5.11. The molecule has 0 unspecified atom stereocenters. The Kier molecular flexibility index (Phi) is 4.61. The molecular weight excluding hydrogens is 340 g/mol. The lowest BCUT2D eigenvalue weighted by atomic mass is 10.2. The summed E-state index contributed by atoms with van der Waals surface area (Å²) in [5, 5.41) is 13.9. The molecule has 0 saturated carbocycles. The van der Waals surface area contributed by atoms with Crippen molar-refractivity contribution in [1.29, 1.82) is 0 Å². The number of oxime groups is 1. The topological polar surface area (TPSA) is 74.7 Å². The number of amidine groups is 1. The molecule has 2 aromatic heterocycles. The molecule has 106 valence electrons. The molecule has 2 heterocycles. The van der Waals surface area contributed by atoms with Gasteiger partial charge in [-0.25, -0.2) is 4.98 Å². The van der Waals surface area contributed by atoms with Crippen LogP contribution in [0, 0.1) is 6.92 Å². The summed E-state index contributed by atoms with van der Waals surface area (Å²) in [5.41, 5.74) is 8.33. The number of aromatic nitrogens is 1. The summed E-state index contributed by atoms with van der Waals surface area (Å²) in [7, 11) is 1.96. The SMILES string of the molecule is Cc1cc(/C(N)=N/O)cc(N(C)Cc2csc(Br)c2)n1. The zero-order chi connectivity index (χ0) is 14.7. The molecule has 2 rings (SSSR count). The molecule has 0 spiro atoms. The first-order valence-electron chi connectivity index (χ1n) is 5.90. The minimum Gasteiger partial charge on any atom is -0.409 e. The molecule has 20 heavy (non-hydrogen) atoms. The van der Waals surface area contributed by atoms with Crippen LogP contribution in [0.15, 0.2) is 32.5 Å². The van der Waals surface area contributed by atoms with E-state index in [-0.39, 0.29) is 5.84 Å². The molecule has 0 aliphatic heterocycles. The number of pyridine rings is 1. The molecule has 0 radical (unpaired) electrons. The highest BCUT2D eigenvalue weighted by atomic mass is 79.9. The second kappa shape index (κ2) is 6.23. The Morgan fingerprint density at radius 1 is 1.50 bits per heavy atom. The van der Waals surface area contributed by atoms with Crippen molar-refractivity contribution in [3.63, 3.8) is 0 Å². The molecule has 0 aromatic carbocycles. The molecule has 3 N–H and O–H groups in total. The van der Waals surface area contributed by atoms with Crippen molar-refractivity contribution in [1.82, 2.24) is 4.98 Å². The molecule has 0 amide bonds. The van der Waals surface area contributed by atoms with Crippen molar-refractivity contribution < 1.29 is 5.21 Å². The zero-order valence-corrected chi connectivity index (χ0v) is 13.6. The Bertz CT molecular complexity index is 641. The number of halogens is 1. The number of rotatable bonds is 4. The fraction of sp³-hybridized carbons (Fsp3) is 0.231. The van der Waals surface area contributed by atoms with Crippen LogP contribution >= 0.6 is 27.3 Å². The highest BCUT2D eigenvalue weighted by Gasteiger charge is 2.09. The van der Waals surface area contributed by atoms with Gasteiger partial charge in [-0.2, -0.15) is 0 Å². The number of hydrogen-bond donors (Lipinski definition) is 2. The highest BCUT2D eigenvalue weighted by molar-refractivity contribution is 9.11. The molecule has 0 aliphatic rings. The maximum Gasteiger partial charge on any atom is 0.170 e. The second-order valence-corrected chi connectivity index (χ2v) is 6.75. The number of nitrogens with zero attached hydrogens (tertiary/aromatic N) is 3. The van der Waals surface area contributed by atoms with Crippen molar-refractivity contribution in [2.75, 3.05) is 11.9 Å². The number of anilines is 1. The molecule has 0 fully saturated rings. The molecule has 0 bridgehead atoms. The lowest BCUT2D eigenvalue weighted by Gasteiger charge is -2.18. The average molecular weight is 355 g/mol. The third-order valence-electron chi connectivity index (χ3n) is 2.78. The fourth-order valence-electron chi connectivity index (χ4n) is 1.84. The molecule has 7 heteroatoms. The van der Waals surface area contributed by atoms with Crippen molar-refractivity contribution in [2.24, 2.45) is 10.9 Å². The van der Waals surface area contributed by atoms with Gasteiger partial charge in [0.2, 0.25) is 0 Å². The van der Waals surface area contributed by atoms with Crippen LogP contribution in [0.3, 0.4) is 0 Å². The smallest absolute Gasteiger partial charge is 0.170 e. The van der Waals surface area contributed by atoms with Gasteiger partial charge in [-0.3, -0.25) is 0 Å². The van der Waals surface area contributed by atoms with Crippen LogP contribution in [-0.2, 0) is 6.54 Å². The van der Waals surface area contributed by atoms with Crippen LogP contribution < -0.4 is 10.6 Å². The van der Waals surface area contributed by atoms with E-state index in [9.17, 15) is 0 Å². The average Bonchev–Trinajstić information content (AvgIpc) is 2.82. The van der Waals surface area contributed by atoms with E-state index in [4.69, 9.17) is 10.9 Å². The largest absolute Gasteiger partial charge is 0.409 e. The number of aryl methyl sites for hydroxylation is 1.